The summed E-state index contributed by atoms with van der Waals surface area (Å²) >= 11 is 1.47. The van der Waals surface area contributed by atoms with Crippen molar-refractivity contribution in [1.29, 1.82) is 0 Å². The minimum Gasteiger partial charge on any atom is -0.344 e. The van der Waals surface area contributed by atoms with E-state index in [2.05, 4.69) is 25.8 Å². The molecule has 8 heteroatoms. The van der Waals surface area contributed by atoms with Crippen LogP contribution in [0.15, 0.2) is 36.5 Å². The van der Waals surface area contributed by atoms with Gasteiger partial charge in [-0.25, -0.2) is 0 Å². The summed E-state index contributed by atoms with van der Waals surface area (Å²) in [5.74, 6) is 0.421. The van der Waals surface area contributed by atoms with Gasteiger partial charge in [0.2, 0.25) is 0 Å². The molecule has 26 heavy (non-hydrogen) atoms. The van der Waals surface area contributed by atoms with Gasteiger partial charge >= 0.3 is 0 Å². The van der Waals surface area contributed by atoms with Gasteiger partial charge in [-0.3, -0.25) is 9.48 Å². The van der Waals surface area contributed by atoms with E-state index in [4.69, 9.17) is 0 Å². The molecule has 2 heterocycles. The van der Waals surface area contributed by atoms with Crippen molar-refractivity contribution in [2.24, 2.45) is 5.92 Å². The van der Waals surface area contributed by atoms with Crippen LogP contribution in [0.3, 0.4) is 0 Å². The van der Waals surface area contributed by atoms with Gasteiger partial charge in [0.15, 0.2) is 5.69 Å². The third-order valence-corrected chi connectivity index (χ3v) is 5.55. The zero-order chi connectivity index (χ0) is 17.8. The highest BCUT2D eigenvalue weighted by Gasteiger charge is 2.18. The number of nitrogens with zero attached hydrogens (tertiary/aromatic N) is 5. The summed E-state index contributed by atoms with van der Waals surface area (Å²) in [6, 6.07) is 9.88. The van der Waals surface area contributed by atoms with Crippen molar-refractivity contribution in [1.82, 2.24) is 30.5 Å². The van der Waals surface area contributed by atoms with Crippen LogP contribution in [0.25, 0.3) is 10.6 Å². The Balaban J connectivity index is 1.32. The molecule has 2 aromatic heterocycles. The second kappa shape index (κ2) is 7.74. The van der Waals surface area contributed by atoms with Crippen molar-refractivity contribution in [2.45, 2.75) is 38.8 Å². The van der Waals surface area contributed by atoms with E-state index in [1.165, 1.54) is 37.0 Å². The fraction of sp³-hybridized carbons (Fsp3) is 0.389. The first-order chi connectivity index (χ1) is 12.8. The molecule has 4 rings (SSSR count). The fourth-order valence-corrected chi connectivity index (χ4v) is 4.00. The summed E-state index contributed by atoms with van der Waals surface area (Å²) in [5.41, 5.74) is 1.37. The lowest BCUT2D eigenvalue weighted by molar-refractivity contribution is 0.0945. The van der Waals surface area contributed by atoms with Crippen LogP contribution in [0.2, 0.25) is 0 Å². The molecule has 3 aromatic rings. The molecule has 1 aliphatic rings. The SMILES string of the molecule is O=C(NCc1nnc(-c2ccccc2)s1)c1cn(CC2CCCC2)nn1. The summed E-state index contributed by atoms with van der Waals surface area (Å²) in [4.78, 5) is 12.3. The van der Waals surface area contributed by atoms with Crippen LogP contribution >= 0.6 is 11.3 Å². The summed E-state index contributed by atoms with van der Waals surface area (Å²) in [6.07, 6.45) is 6.78. The first-order valence-corrected chi connectivity index (χ1v) is 9.66. The van der Waals surface area contributed by atoms with E-state index in [0.29, 0.717) is 18.2 Å². The standard InChI is InChI=1S/C18H20N6OS/c25-17(15-12-24(23-20-15)11-13-6-4-5-7-13)19-10-16-21-22-18(26-16)14-8-2-1-3-9-14/h1-3,8-9,12-13H,4-7,10-11H2,(H,19,25). The van der Waals surface area contributed by atoms with Gasteiger partial charge in [0.25, 0.3) is 5.91 Å². The first kappa shape index (κ1) is 16.8. The maximum absolute atomic E-state index is 12.3. The van der Waals surface area contributed by atoms with Crippen molar-refractivity contribution in [2.75, 3.05) is 0 Å². The fourth-order valence-electron chi connectivity index (χ4n) is 3.22. The van der Waals surface area contributed by atoms with E-state index < -0.39 is 0 Å². The molecular formula is C18H20N6OS. The largest absolute Gasteiger partial charge is 0.344 e. The van der Waals surface area contributed by atoms with E-state index in [1.807, 2.05) is 30.3 Å². The Morgan fingerprint density at radius 3 is 2.77 bits per heavy atom. The van der Waals surface area contributed by atoms with E-state index in [-0.39, 0.29) is 5.91 Å². The number of hydrogen-bond donors (Lipinski definition) is 1. The van der Waals surface area contributed by atoms with Crippen LogP contribution in [-0.4, -0.2) is 31.1 Å². The number of rotatable bonds is 6. The number of nitrogens with one attached hydrogen (secondary N) is 1. The highest BCUT2D eigenvalue weighted by atomic mass is 32.1. The Morgan fingerprint density at radius 1 is 1.15 bits per heavy atom. The summed E-state index contributed by atoms with van der Waals surface area (Å²) in [6.45, 7) is 1.18. The molecule has 0 radical (unpaired) electrons. The van der Waals surface area contributed by atoms with Crippen molar-refractivity contribution >= 4 is 17.2 Å². The molecule has 1 amide bonds. The smallest absolute Gasteiger partial charge is 0.273 e. The van der Waals surface area contributed by atoms with Crippen LogP contribution in [0, 0.1) is 5.92 Å². The normalized spacial score (nSPS) is 14.6. The van der Waals surface area contributed by atoms with Gasteiger partial charge < -0.3 is 5.32 Å². The molecule has 0 aliphatic heterocycles. The van der Waals surface area contributed by atoms with Gasteiger partial charge in [0.05, 0.1) is 12.7 Å². The van der Waals surface area contributed by atoms with Gasteiger partial charge in [-0.1, -0.05) is 59.7 Å². The molecule has 1 N–H and O–H groups in total. The zero-order valence-corrected chi connectivity index (χ0v) is 15.2. The number of carbonyl (C=O) groups is 1. The van der Waals surface area contributed by atoms with Crippen molar-refractivity contribution < 1.29 is 4.79 Å². The number of aromatic nitrogens is 5. The maximum Gasteiger partial charge on any atom is 0.273 e. The Hall–Kier alpha value is -2.61. The van der Waals surface area contributed by atoms with Gasteiger partial charge in [0, 0.05) is 12.1 Å². The summed E-state index contributed by atoms with van der Waals surface area (Å²) in [7, 11) is 0. The molecule has 0 unspecified atom stereocenters. The number of carbonyl (C=O) groups excluding carboxylic acids is 1. The van der Waals surface area contributed by atoms with Crippen molar-refractivity contribution in [3.8, 4) is 10.6 Å². The summed E-state index contributed by atoms with van der Waals surface area (Å²) in [5, 5.41) is 20.8. The minimum atomic E-state index is -0.237. The molecule has 0 saturated heterocycles. The molecule has 0 atom stereocenters. The van der Waals surface area contributed by atoms with Crippen molar-refractivity contribution in [3.05, 3.63) is 47.2 Å². The number of benzene rings is 1. The average Bonchev–Trinajstić information content (AvgIpc) is 3.43. The molecule has 7 nitrogen and oxygen atoms in total. The maximum atomic E-state index is 12.3. The Morgan fingerprint density at radius 2 is 1.96 bits per heavy atom. The molecule has 1 saturated carbocycles. The number of hydrogen-bond acceptors (Lipinski definition) is 6. The van der Waals surface area contributed by atoms with Crippen molar-refractivity contribution in [3.63, 3.8) is 0 Å². The van der Waals surface area contributed by atoms with E-state index in [1.54, 1.807) is 10.9 Å². The highest BCUT2D eigenvalue weighted by molar-refractivity contribution is 7.14. The molecule has 0 bridgehead atoms. The Kier molecular flexibility index (Phi) is 5.01. The first-order valence-electron chi connectivity index (χ1n) is 8.84. The third kappa shape index (κ3) is 3.96. The third-order valence-electron chi connectivity index (χ3n) is 4.58. The highest BCUT2D eigenvalue weighted by Crippen LogP contribution is 2.26. The molecule has 1 aromatic carbocycles. The zero-order valence-electron chi connectivity index (χ0n) is 14.3. The second-order valence-electron chi connectivity index (χ2n) is 6.53. The minimum absolute atomic E-state index is 0.237. The van der Waals surface area contributed by atoms with Crippen LogP contribution in [0.5, 0.6) is 0 Å². The molecule has 1 fully saturated rings. The van der Waals surface area contributed by atoms with E-state index in [9.17, 15) is 4.79 Å². The van der Waals surface area contributed by atoms with Gasteiger partial charge in [0.1, 0.15) is 10.0 Å². The van der Waals surface area contributed by atoms with Crippen LogP contribution < -0.4 is 5.32 Å². The molecule has 0 spiro atoms. The molecular weight excluding hydrogens is 348 g/mol. The topological polar surface area (TPSA) is 85.6 Å². The van der Waals surface area contributed by atoms with Crippen LogP contribution in [0.1, 0.15) is 41.2 Å². The predicted octanol–water partition coefficient (Wildman–Crippen LogP) is 2.92. The van der Waals surface area contributed by atoms with E-state index in [0.717, 1.165) is 22.1 Å². The second-order valence-corrected chi connectivity index (χ2v) is 7.59. The lowest BCUT2D eigenvalue weighted by Gasteiger charge is -2.06. The Bertz CT molecular complexity index is 869. The lowest BCUT2D eigenvalue weighted by atomic mass is 10.1. The quantitative estimate of drug-likeness (QED) is 0.723. The summed E-state index contributed by atoms with van der Waals surface area (Å²) < 4.78 is 1.78. The lowest BCUT2D eigenvalue weighted by Crippen LogP contribution is -2.23. The molecule has 1 aliphatic carbocycles. The van der Waals surface area contributed by atoms with Gasteiger partial charge in [-0.05, 0) is 18.8 Å². The van der Waals surface area contributed by atoms with Gasteiger partial charge in [-0.2, -0.15) is 0 Å². The number of amides is 1. The van der Waals surface area contributed by atoms with Gasteiger partial charge in [-0.15, -0.1) is 15.3 Å². The van der Waals surface area contributed by atoms with Crippen LogP contribution in [-0.2, 0) is 13.1 Å². The predicted molar refractivity (Wildman–Crippen MR) is 98.5 cm³/mol. The van der Waals surface area contributed by atoms with E-state index >= 15 is 0 Å². The Labute approximate surface area is 155 Å². The average molecular weight is 368 g/mol. The molecule has 134 valence electrons. The monoisotopic (exact) mass is 368 g/mol. The van der Waals surface area contributed by atoms with Crippen LogP contribution in [0.4, 0.5) is 0 Å².